The van der Waals surface area contributed by atoms with Crippen molar-refractivity contribution in [2.24, 2.45) is 4.99 Å². The van der Waals surface area contributed by atoms with E-state index in [0.29, 0.717) is 6.61 Å². The molecule has 1 heterocycles. The molecule has 90 valence electrons. The van der Waals surface area contributed by atoms with E-state index in [0.717, 1.165) is 21.4 Å². The minimum absolute atomic E-state index is 0.0551. The number of amides is 1. The Kier molecular flexibility index (Phi) is 5.09. The summed E-state index contributed by atoms with van der Waals surface area (Å²) in [4.78, 5) is 15.4. The summed E-state index contributed by atoms with van der Waals surface area (Å²) in [6.07, 6.45) is 0. The lowest BCUT2D eigenvalue weighted by atomic mass is 10.2. The zero-order chi connectivity index (χ0) is 11.9. The number of benzene rings is 1. The monoisotopic (exact) mass is 267 g/mol. The van der Waals surface area contributed by atoms with Gasteiger partial charge in [-0.1, -0.05) is 53.9 Å². The van der Waals surface area contributed by atoms with Crippen molar-refractivity contribution in [1.29, 1.82) is 0 Å². The van der Waals surface area contributed by atoms with Gasteiger partial charge in [0.1, 0.15) is 11.0 Å². The molecule has 5 heteroatoms. The third-order valence-electron chi connectivity index (χ3n) is 2.09. The molecule has 1 aromatic carbocycles. The lowest BCUT2D eigenvalue weighted by Gasteiger charge is -2.01. The number of hydrogen-bond acceptors (Lipinski definition) is 4. The van der Waals surface area contributed by atoms with Crippen molar-refractivity contribution in [1.82, 2.24) is 0 Å². The molecule has 1 amide bonds. The summed E-state index contributed by atoms with van der Waals surface area (Å²) in [5.74, 6) is 1.89. The molecule has 1 fully saturated rings. The SMILES string of the molecule is O=C(COCc1ccccc1)N=C1SCCS1. The molecular formula is C12H13NO2S2. The van der Waals surface area contributed by atoms with Crippen LogP contribution < -0.4 is 0 Å². The Morgan fingerprint density at radius 1 is 1.24 bits per heavy atom. The van der Waals surface area contributed by atoms with Crippen LogP contribution in [-0.4, -0.2) is 28.4 Å². The molecule has 2 rings (SSSR count). The Bertz CT molecular complexity index is 398. The van der Waals surface area contributed by atoms with Crippen molar-refractivity contribution in [2.75, 3.05) is 18.1 Å². The van der Waals surface area contributed by atoms with E-state index < -0.39 is 0 Å². The highest BCUT2D eigenvalue weighted by atomic mass is 32.2. The van der Waals surface area contributed by atoms with Gasteiger partial charge in [0.2, 0.25) is 0 Å². The molecule has 0 N–H and O–H groups in total. The zero-order valence-corrected chi connectivity index (χ0v) is 10.9. The van der Waals surface area contributed by atoms with Crippen LogP contribution in [0.15, 0.2) is 35.3 Å². The first kappa shape index (κ1) is 12.7. The van der Waals surface area contributed by atoms with Crippen LogP contribution in [0.1, 0.15) is 5.56 Å². The summed E-state index contributed by atoms with van der Waals surface area (Å²) in [6, 6.07) is 9.80. The largest absolute Gasteiger partial charge is 0.367 e. The fourth-order valence-corrected chi connectivity index (χ4v) is 3.51. The molecule has 1 aliphatic heterocycles. The van der Waals surface area contributed by atoms with Gasteiger partial charge in [-0.2, -0.15) is 4.99 Å². The van der Waals surface area contributed by atoms with Gasteiger partial charge in [-0.15, -0.1) is 0 Å². The van der Waals surface area contributed by atoms with E-state index in [1.807, 2.05) is 30.3 Å². The standard InChI is InChI=1S/C12H13NO2S2/c14-11(13-12-16-6-7-17-12)9-15-8-10-4-2-1-3-5-10/h1-5H,6-9H2. The lowest BCUT2D eigenvalue weighted by molar-refractivity contribution is -0.122. The Hall–Kier alpha value is -0.780. The number of aliphatic imine (C=N–C) groups is 1. The summed E-state index contributed by atoms with van der Waals surface area (Å²) in [6.45, 7) is 0.511. The summed E-state index contributed by atoms with van der Waals surface area (Å²) in [5.41, 5.74) is 1.07. The van der Waals surface area contributed by atoms with Crippen LogP contribution >= 0.6 is 23.5 Å². The van der Waals surface area contributed by atoms with Crippen LogP contribution in [-0.2, 0) is 16.1 Å². The van der Waals surface area contributed by atoms with Crippen LogP contribution in [0.4, 0.5) is 0 Å². The van der Waals surface area contributed by atoms with E-state index in [1.54, 1.807) is 23.5 Å². The van der Waals surface area contributed by atoms with Crippen molar-refractivity contribution in [2.45, 2.75) is 6.61 Å². The molecule has 1 saturated heterocycles. The quantitative estimate of drug-likeness (QED) is 0.840. The van der Waals surface area contributed by atoms with E-state index >= 15 is 0 Å². The number of nitrogens with zero attached hydrogens (tertiary/aromatic N) is 1. The van der Waals surface area contributed by atoms with Crippen LogP contribution in [0.5, 0.6) is 0 Å². The van der Waals surface area contributed by atoms with Crippen LogP contribution in [0.2, 0.25) is 0 Å². The van der Waals surface area contributed by atoms with Crippen LogP contribution in [0.3, 0.4) is 0 Å². The minimum Gasteiger partial charge on any atom is -0.367 e. The second-order valence-electron chi connectivity index (χ2n) is 3.45. The van der Waals surface area contributed by atoms with Crippen molar-refractivity contribution < 1.29 is 9.53 Å². The average Bonchev–Trinajstić information content (AvgIpc) is 2.83. The van der Waals surface area contributed by atoms with E-state index in [-0.39, 0.29) is 12.5 Å². The first-order valence-corrected chi connectivity index (χ1v) is 7.30. The topological polar surface area (TPSA) is 38.7 Å². The van der Waals surface area contributed by atoms with Gasteiger partial charge in [-0.05, 0) is 5.56 Å². The number of carbonyl (C=O) groups excluding carboxylic acids is 1. The zero-order valence-electron chi connectivity index (χ0n) is 9.30. The van der Waals surface area contributed by atoms with Crippen LogP contribution in [0.25, 0.3) is 0 Å². The Morgan fingerprint density at radius 3 is 2.65 bits per heavy atom. The molecule has 0 spiro atoms. The number of ether oxygens (including phenoxy) is 1. The van der Waals surface area contributed by atoms with E-state index in [4.69, 9.17) is 4.74 Å². The van der Waals surface area contributed by atoms with Crippen molar-refractivity contribution in [3.63, 3.8) is 0 Å². The number of rotatable bonds is 4. The maximum Gasteiger partial charge on any atom is 0.273 e. The van der Waals surface area contributed by atoms with Gasteiger partial charge < -0.3 is 4.74 Å². The van der Waals surface area contributed by atoms with Gasteiger partial charge in [0.25, 0.3) is 5.91 Å². The molecule has 1 aliphatic rings. The second-order valence-corrected chi connectivity index (χ2v) is 5.87. The Balaban J connectivity index is 1.71. The normalized spacial score (nSPS) is 14.9. The van der Waals surface area contributed by atoms with Gasteiger partial charge in [-0.3, -0.25) is 4.79 Å². The molecule has 0 aliphatic carbocycles. The second kappa shape index (κ2) is 6.83. The maximum absolute atomic E-state index is 11.5. The average molecular weight is 267 g/mol. The number of carbonyl (C=O) groups is 1. The van der Waals surface area contributed by atoms with E-state index in [2.05, 4.69) is 4.99 Å². The number of thioether (sulfide) groups is 2. The number of hydrogen-bond donors (Lipinski definition) is 0. The Labute approximate surface area is 109 Å². The molecule has 0 unspecified atom stereocenters. The molecule has 3 nitrogen and oxygen atoms in total. The maximum atomic E-state index is 11.5. The lowest BCUT2D eigenvalue weighted by Crippen LogP contribution is -2.06. The molecular weight excluding hydrogens is 254 g/mol. The fourth-order valence-electron chi connectivity index (χ4n) is 1.33. The molecule has 0 atom stereocenters. The highest BCUT2D eigenvalue weighted by Crippen LogP contribution is 2.25. The van der Waals surface area contributed by atoms with Gasteiger partial charge in [0.05, 0.1) is 6.61 Å². The summed E-state index contributed by atoms with van der Waals surface area (Å²) in [7, 11) is 0. The molecule has 0 aromatic heterocycles. The van der Waals surface area contributed by atoms with Gasteiger partial charge in [0, 0.05) is 11.5 Å². The smallest absolute Gasteiger partial charge is 0.273 e. The first-order valence-electron chi connectivity index (χ1n) is 5.33. The summed E-state index contributed by atoms with van der Waals surface area (Å²) in [5, 5.41) is 0. The highest BCUT2D eigenvalue weighted by molar-refractivity contribution is 8.41. The van der Waals surface area contributed by atoms with Gasteiger partial charge >= 0.3 is 0 Å². The summed E-state index contributed by atoms with van der Waals surface area (Å²) >= 11 is 3.27. The van der Waals surface area contributed by atoms with Crippen molar-refractivity contribution in [3.8, 4) is 0 Å². The highest BCUT2D eigenvalue weighted by Gasteiger charge is 2.11. The molecule has 0 radical (unpaired) electrons. The predicted octanol–water partition coefficient (Wildman–Crippen LogP) is 2.57. The summed E-state index contributed by atoms with van der Waals surface area (Å²) < 4.78 is 6.19. The fraction of sp³-hybridized carbons (Fsp3) is 0.333. The van der Waals surface area contributed by atoms with Gasteiger partial charge in [-0.25, -0.2) is 0 Å². The predicted molar refractivity (Wildman–Crippen MR) is 73.5 cm³/mol. The minimum atomic E-state index is -0.196. The third-order valence-corrected chi connectivity index (χ3v) is 4.55. The third kappa shape index (κ3) is 4.53. The van der Waals surface area contributed by atoms with E-state index in [9.17, 15) is 4.79 Å². The molecule has 0 saturated carbocycles. The molecule has 1 aromatic rings. The van der Waals surface area contributed by atoms with Crippen molar-refractivity contribution >= 4 is 33.8 Å². The van der Waals surface area contributed by atoms with Crippen molar-refractivity contribution in [3.05, 3.63) is 35.9 Å². The molecule has 0 bridgehead atoms. The van der Waals surface area contributed by atoms with Crippen LogP contribution in [0, 0.1) is 0 Å². The molecule has 17 heavy (non-hydrogen) atoms. The van der Waals surface area contributed by atoms with E-state index in [1.165, 1.54) is 0 Å². The van der Waals surface area contributed by atoms with Gasteiger partial charge in [0.15, 0.2) is 0 Å². The first-order chi connectivity index (χ1) is 8.34. The Morgan fingerprint density at radius 2 is 1.94 bits per heavy atom.